The Bertz CT molecular complexity index is 933. The maximum atomic E-state index is 13.2. The van der Waals surface area contributed by atoms with Gasteiger partial charge in [-0.1, -0.05) is 29.8 Å². The second-order valence-corrected chi connectivity index (χ2v) is 8.08. The lowest BCUT2D eigenvalue weighted by atomic mass is 10.2. The largest absolute Gasteiger partial charge is 0.308 e. The van der Waals surface area contributed by atoms with Crippen LogP contribution in [-0.2, 0) is 16.6 Å². The van der Waals surface area contributed by atoms with E-state index in [9.17, 15) is 18.5 Å². The van der Waals surface area contributed by atoms with E-state index in [1.54, 1.807) is 12.1 Å². The van der Waals surface area contributed by atoms with E-state index in [4.69, 9.17) is 11.6 Å². The number of anilines is 1. The maximum absolute atomic E-state index is 13.2. The van der Waals surface area contributed by atoms with Gasteiger partial charge >= 0.3 is 0 Å². The molecule has 3 rings (SSSR count). The summed E-state index contributed by atoms with van der Waals surface area (Å²) in [5.41, 5.74) is 0.797. The van der Waals surface area contributed by atoms with E-state index in [0.717, 1.165) is 11.6 Å². The van der Waals surface area contributed by atoms with E-state index in [1.165, 1.54) is 16.4 Å². The van der Waals surface area contributed by atoms with Gasteiger partial charge in [-0.15, -0.1) is 0 Å². The summed E-state index contributed by atoms with van der Waals surface area (Å²) in [6.07, 6.45) is 0. The standard InChI is InChI=1S/C16H16ClN3O4S/c1-11-10-19(14-5-3-2-4-12(14)9-18-11)25(23,24)16-7-6-13(17)8-15(16)20(21)22/h2-8,11,18H,9-10H2,1H3. The Morgan fingerprint density at radius 2 is 2.00 bits per heavy atom. The zero-order chi connectivity index (χ0) is 18.2. The van der Waals surface area contributed by atoms with Gasteiger partial charge in [0.1, 0.15) is 0 Å². The fourth-order valence-corrected chi connectivity index (χ4v) is 4.70. The summed E-state index contributed by atoms with van der Waals surface area (Å²) in [6.45, 7) is 2.55. The first-order valence-corrected chi connectivity index (χ1v) is 9.40. The van der Waals surface area contributed by atoms with Crippen LogP contribution in [0.25, 0.3) is 0 Å². The number of nitrogens with zero attached hydrogens (tertiary/aromatic N) is 2. The molecule has 1 N–H and O–H groups in total. The van der Waals surface area contributed by atoms with Crippen LogP contribution >= 0.6 is 11.6 Å². The molecular weight excluding hydrogens is 366 g/mol. The van der Waals surface area contributed by atoms with Crippen LogP contribution in [-0.4, -0.2) is 25.9 Å². The third-order valence-corrected chi connectivity index (χ3v) is 6.09. The Balaban J connectivity index is 2.19. The second-order valence-electron chi connectivity index (χ2n) is 5.82. The summed E-state index contributed by atoms with van der Waals surface area (Å²) in [7, 11) is -4.13. The molecule has 0 saturated heterocycles. The highest BCUT2D eigenvalue weighted by Crippen LogP contribution is 2.34. The number of nitro groups is 1. The Labute approximate surface area is 150 Å². The summed E-state index contributed by atoms with van der Waals surface area (Å²) in [6, 6.07) is 10.6. The molecule has 0 spiro atoms. The lowest BCUT2D eigenvalue weighted by Crippen LogP contribution is -2.39. The number of nitro benzene ring substituents is 1. The zero-order valence-corrected chi connectivity index (χ0v) is 14.9. The van der Waals surface area contributed by atoms with E-state index < -0.39 is 20.6 Å². The van der Waals surface area contributed by atoms with Crippen molar-refractivity contribution < 1.29 is 13.3 Å². The van der Waals surface area contributed by atoms with Gasteiger partial charge in [0.15, 0.2) is 4.90 Å². The molecule has 132 valence electrons. The SMILES string of the molecule is CC1CN(S(=O)(=O)c2ccc(Cl)cc2[N+](=O)[O-])c2ccccc2CN1. The maximum Gasteiger partial charge on any atom is 0.291 e. The molecule has 0 bridgehead atoms. The average molecular weight is 382 g/mol. The van der Waals surface area contributed by atoms with Crippen LogP contribution in [0.3, 0.4) is 0 Å². The number of nitrogens with one attached hydrogen (secondary N) is 1. The molecule has 1 aliphatic heterocycles. The van der Waals surface area contributed by atoms with E-state index >= 15 is 0 Å². The number of halogens is 1. The molecule has 0 aliphatic carbocycles. The molecule has 1 unspecified atom stereocenters. The van der Waals surface area contributed by atoms with Crippen LogP contribution in [0.5, 0.6) is 0 Å². The van der Waals surface area contributed by atoms with Crippen molar-refractivity contribution in [2.75, 3.05) is 10.8 Å². The average Bonchev–Trinajstić information content (AvgIpc) is 2.74. The number of rotatable bonds is 3. The normalized spacial score (nSPS) is 17.7. The van der Waals surface area contributed by atoms with E-state index in [0.29, 0.717) is 12.2 Å². The van der Waals surface area contributed by atoms with Crippen molar-refractivity contribution in [3.63, 3.8) is 0 Å². The summed E-state index contributed by atoms with van der Waals surface area (Å²) in [4.78, 5) is 10.2. The first-order valence-electron chi connectivity index (χ1n) is 7.58. The van der Waals surface area contributed by atoms with Gasteiger partial charge in [-0.05, 0) is 30.7 Å². The second kappa shape index (κ2) is 6.62. The van der Waals surface area contributed by atoms with Crippen LogP contribution < -0.4 is 9.62 Å². The molecule has 1 aliphatic rings. The van der Waals surface area contributed by atoms with Crippen molar-refractivity contribution in [3.8, 4) is 0 Å². The molecule has 7 nitrogen and oxygen atoms in total. The lowest BCUT2D eigenvalue weighted by molar-refractivity contribution is -0.387. The predicted octanol–water partition coefficient (Wildman–Crippen LogP) is 2.94. The highest BCUT2D eigenvalue weighted by atomic mass is 35.5. The van der Waals surface area contributed by atoms with Crippen LogP contribution in [0.4, 0.5) is 11.4 Å². The monoisotopic (exact) mass is 381 g/mol. The van der Waals surface area contributed by atoms with Crippen LogP contribution in [0.1, 0.15) is 12.5 Å². The Morgan fingerprint density at radius 3 is 2.72 bits per heavy atom. The number of fused-ring (bicyclic) bond motifs is 1. The summed E-state index contributed by atoms with van der Waals surface area (Å²) in [5, 5.41) is 14.7. The van der Waals surface area contributed by atoms with Crippen molar-refractivity contribution in [2.24, 2.45) is 0 Å². The highest BCUT2D eigenvalue weighted by Gasteiger charge is 2.35. The minimum absolute atomic E-state index is 0.108. The van der Waals surface area contributed by atoms with Gasteiger partial charge in [-0.3, -0.25) is 14.4 Å². The first kappa shape index (κ1) is 17.7. The fraction of sp³-hybridized carbons (Fsp3) is 0.250. The van der Waals surface area contributed by atoms with Gasteiger partial charge in [0, 0.05) is 30.2 Å². The van der Waals surface area contributed by atoms with Gasteiger partial charge in [-0.25, -0.2) is 8.42 Å². The van der Waals surface area contributed by atoms with Gasteiger partial charge in [0.05, 0.1) is 10.6 Å². The number of benzene rings is 2. The van der Waals surface area contributed by atoms with Gasteiger partial charge < -0.3 is 5.32 Å². The smallest absolute Gasteiger partial charge is 0.291 e. The van der Waals surface area contributed by atoms with Crippen LogP contribution in [0, 0.1) is 10.1 Å². The van der Waals surface area contributed by atoms with Crippen molar-refractivity contribution >= 4 is 33.0 Å². The Morgan fingerprint density at radius 1 is 1.28 bits per heavy atom. The number of hydrogen-bond acceptors (Lipinski definition) is 5. The molecular formula is C16H16ClN3O4S. The molecule has 2 aromatic carbocycles. The first-order chi connectivity index (χ1) is 11.8. The quantitative estimate of drug-likeness (QED) is 0.651. The minimum Gasteiger partial charge on any atom is -0.308 e. The van der Waals surface area contributed by atoms with Crippen molar-refractivity contribution in [2.45, 2.75) is 24.4 Å². The summed E-state index contributed by atoms with van der Waals surface area (Å²) >= 11 is 5.80. The zero-order valence-electron chi connectivity index (χ0n) is 13.3. The molecule has 9 heteroatoms. The Kier molecular flexibility index (Phi) is 4.68. The van der Waals surface area contributed by atoms with E-state index in [-0.39, 0.29) is 22.5 Å². The van der Waals surface area contributed by atoms with E-state index in [1.807, 2.05) is 19.1 Å². The van der Waals surface area contributed by atoms with E-state index in [2.05, 4.69) is 5.32 Å². The van der Waals surface area contributed by atoms with Crippen LogP contribution in [0.15, 0.2) is 47.4 Å². The van der Waals surface area contributed by atoms with Crippen molar-refractivity contribution in [3.05, 3.63) is 63.2 Å². The van der Waals surface area contributed by atoms with Crippen LogP contribution in [0.2, 0.25) is 5.02 Å². The summed E-state index contributed by atoms with van der Waals surface area (Å²) < 4.78 is 27.7. The number of sulfonamides is 1. The third kappa shape index (κ3) is 3.33. The third-order valence-electron chi connectivity index (χ3n) is 4.03. The van der Waals surface area contributed by atoms with Gasteiger partial charge in [0.2, 0.25) is 0 Å². The van der Waals surface area contributed by atoms with Crippen molar-refractivity contribution in [1.82, 2.24) is 5.32 Å². The molecule has 2 aromatic rings. The molecule has 1 heterocycles. The van der Waals surface area contributed by atoms with Crippen molar-refractivity contribution in [1.29, 1.82) is 0 Å². The topological polar surface area (TPSA) is 92.5 Å². The molecule has 0 amide bonds. The van der Waals surface area contributed by atoms with Gasteiger partial charge in [-0.2, -0.15) is 0 Å². The minimum atomic E-state index is -4.13. The lowest BCUT2D eigenvalue weighted by Gasteiger charge is -2.25. The molecule has 1 atom stereocenters. The molecule has 0 saturated carbocycles. The molecule has 0 fully saturated rings. The van der Waals surface area contributed by atoms with Gasteiger partial charge in [0.25, 0.3) is 15.7 Å². The number of para-hydroxylation sites is 1. The molecule has 0 aromatic heterocycles. The number of hydrogen-bond donors (Lipinski definition) is 1. The molecule has 25 heavy (non-hydrogen) atoms. The molecule has 0 radical (unpaired) electrons. The predicted molar refractivity (Wildman–Crippen MR) is 95.4 cm³/mol. The Hall–Kier alpha value is -2.16. The fourth-order valence-electron chi connectivity index (χ4n) is 2.80. The highest BCUT2D eigenvalue weighted by molar-refractivity contribution is 7.93. The summed E-state index contributed by atoms with van der Waals surface area (Å²) in [5.74, 6) is 0.